The molecule has 0 saturated heterocycles. The van der Waals surface area contributed by atoms with Gasteiger partial charge in [0.25, 0.3) is 0 Å². The second-order valence-corrected chi connectivity index (χ2v) is 8.20. The molecule has 2 aromatic heterocycles. The Hall–Kier alpha value is -5.25. The van der Waals surface area contributed by atoms with Gasteiger partial charge < -0.3 is 10.1 Å². The first-order valence-corrected chi connectivity index (χ1v) is 11.3. The lowest BCUT2D eigenvalue weighted by Crippen LogP contribution is -2.31. The van der Waals surface area contributed by atoms with Crippen LogP contribution in [0, 0.1) is 17.7 Å². The summed E-state index contributed by atoms with van der Waals surface area (Å²) in [6.45, 7) is 0. The average molecular weight is 536 g/mol. The molecule has 1 atom stereocenters. The van der Waals surface area contributed by atoms with E-state index in [-0.39, 0.29) is 6.42 Å². The number of nitrogens with one attached hydrogen (secondary N) is 1. The first-order chi connectivity index (χ1) is 18.7. The van der Waals surface area contributed by atoms with Crippen LogP contribution in [0.25, 0.3) is 5.65 Å². The largest absolute Gasteiger partial charge is 0.491 e. The van der Waals surface area contributed by atoms with E-state index in [1.54, 1.807) is 53.3 Å². The molecule has 0 aliphatic carbocycles. The lowest BCUT2D eigenvalue weighted by atomic mass is 10.0. The number of amides is 2. The van der Waals surface area contributed by atoms with Gasteiger partial charge in [0.15, 0.2) is 5.65 Å². The fraction of sp³-hybridized carbons (Fsp3) is 0.115. The second kappa shape index (κ2) is 10.3. The zero-order chi connectivity index (χ0) is 27.6. The van der Waals surface area contributed by atoms with E-state index >= 15 is 0 Å². The summed E-state index contributed by atoms with van der Waals surface area (Å²) in [5, 5.41) is 11.4. The predicted octanol–water partition coefficient (Wildman–Crippen LogP) is 4.67. The number of anilines is 1. The van der Waals surface area contributed by atoms with Crippen LogP contribution >= 0.6 is 0 Å². The fourth-order valence-electron chi connectivity index (χ4n) is 3.75. The Balaban J connectivity index is 1.37. The average Bonchev–Trinajstić information content (AvgIpc) is 3.52. The third kappa shape index (κ3) is 5.69. The summed E-state index contributed by atoms with van der Waals surface area (Å²) in [7, 11) is 0. The molecule has 4 aromatic rings. The number of fused-ring (bicyclic) bond motifs is 1. The molecular formula is C26H16F4N6O3. The number of carbonyl (C=O) groups is 2. The van der Waals surface area contributed by atoms with E-state index in [4.69, 9.17) is 0 Å². The van der Waals surface area contributed by atoms with Gasteiger partial charge in [0, 0.05) is 17.4 Å². The Morgan fingerprint density at radius 2 is 1.85 bits per heavy atom. The minimum absolute atomic E-state index is 0.317. The number of carbonyl (C=O) groups excluding carboxylic acids is 2. The van der Waals surface area contributed by atoms with E-state index in [0.29, 0.717) is 28.2 Å². The molecule has 0 spiro atoms. The minimum Gasteiger partial charge on any atom is -0.403 e. The Bertz CT molecular complexity index is 1650. The third-order valence-corrected chi connectivity index (χ3v) is 5.51. The smallest absolute Gasteiger partial charge is 0.403 e. The Morgan fingerprint density at radius 1 is 1.05 bits per heavy atom. The van der Waals surface area contributed by atoms with Crippen LogP contribution in [0.5, 0.6) is 0 Å². The normalized spacial score (nSPS) is 14.9. The number of urea groups is 1. The van der Waals surface area contributed by atoms with Gasteiger partial charge in [-0.05, 0) is 53.9 Å². The van der Waals surface area contributed by atoms with Crippen LogP contribution in [-0.2, 0) is 9.53 Å². The SMILES string of the molecule is O=C(Nc1cccc(C#Cc2cnc3cccnn23)c1)N1N=C(OC(=O)C(F)(F)F)C[C@H]1c1ccc(F)cc1. The van der Waals surface area contributed by atoms with Gasteiger partial charge in [-0.1, -0.05) is 24.1 Å². The Morgan fingerprint density at radius 3 is 2.62 bits per heavy atom. The highest BCUT2D eigenvalue weighted by molar-refractivity contribution is 5.96. The van der Waals surface area contributed by atoms with Crippen molar-refractivity contribution in [3.8, 4) is 11.8 Å². The lowest BCUT2D eigenvalue weighted by molar-refractivity contribution is -0.191. The molecule has 1 N–H and O–H groups in total. The zero-order valence-electron chi connectivity index (χ0n) is 19.7. The van der Waals surface area contributed by atoms with E-state index < -0.39 is 35.9 Å². The number of halogens is 4. The Kier molecular flexibility index (Phi) is 6.68. The minimum atomic E-state index is -5.25. The van der Waals surface area contributed by atoms with E-state index in [9.17, 15) is 27.2 Å². The maximum Gasteiger partial charge on any atom is 0.491 e. The van der Waals surface area contributed by atoms with Crippen molar-refractivity contribution in [3.05, 3.63) is 95.7 Å². The summed E-state index contributed by atoms with van der Waals surface area (Å²) in [5.74, 6) is 2.30. The van der Waals surface area contributed by atoms with E-state index in [1.165, 1.54) is 12.1 Å². The molecule has 1 aliphatic heterocycles. The van der Waals surface area contributed by atoms with Crippen LogP contribution in [0.3, 0.4) is 0 Å². The Labute approximate surface area is 217 Å². The quantitative estimate of drug-likeness (QED) is 0.228. The topological polar surface area (TPSA) is 101 Å². The van der Waals surface area contributed by atoms with Gasteiger partial charge >= 0.3 is 18.2 Å². The fourth-order valence-corrected chi connectivity index (χ4v) is 3.75. The molecule has 9 nitrogen and oxygen atoms in total. The van der Waals surface area contributed by atoms with Gasteiger partial charge in [-0.2, -0.15) is 18.3 Å². The van der Waals surface area contributed by atoms with Crippen LogP contribution in [0.1, 0.15) is 29.3 Å². The lowest BCUT2D eigenvalue weighted by Gasteiger charge is -2.22. The van der Waals surface area contributed by atoms with Crippen LogP contribution < -0.4 is 5.32 Å². The molecule has 13 heteroatoms. The number of nitrogens with zero attached hydrogens (tertiary/aromatic N) is 5. The number of imidazole rings is 1. The first-order valence-electron chi connectivity index (χ1n) is 11.3. The molecule has 3 heterocycles. The van der Waals surface area contributed by atoms with Crippen LogP contribution in [-0.4, -0.2) is 43.7 Å². The van der Waals surface area contributed by atoms with E-state index in [2.05, 4.69) is 37.1 Å². The number of benzene rings is 2. The number of ether oxygens (including phenoxy) is 1. The molecule has 0 bridgehead atoms. The molecule has 196 valence electrons. The molecule has 5 rings (SSSR count). The maximum atomic E-state index is 13.4. The van der Waals surface area contributed by atoms with Crippen LogP contribution in [0.4, 0.5) is 28.0 Å². The van der Waals surface area contributed by atoms with Crippen molar-refractivity contribution in [2.75, 3.05) is 5.32 Å². The number of hydrazone groups is 1. The molecule has 0 unspecified atom stereocenters. The monoisotopic (exact) mass is 536 g/mol. The number of hydrogen-bond donors (Lipinski definition) is 1. The van der Waals surface area contributed by atoms with Gasteiger partial charge in [-0.3, -0.25) is 0 Å². The molecule has 2 amide bonds. The summed E-state index contributed by atoms with van der Waals surface area (Å²) < 4.78 is 57.4. The zero-order valence-corrected chi connectivity index (χ0v) is 19.7. The van der Waals surface area contributed by atoms with Gasteiger partial charge in [0.1, 0.15) is 11.5 Å². The third-order valence-electron chi connectivity index (χ3n) is 5.51. The highest BCUT2D eigenvalue weighted by Crippen LogP contribution is 2.32. The maximum absolute atomic E-state index is 13.4. The number of hydrogen-bond acceptors (Lipinski definition) is 6. The number of alkyl halides is 3. The van der Waals surface area contributed by atoms with Gasteiger partial charge in [-0.25, -0.2) is 28.5 Å². The second-order valence-electron chi connectivity index (χ2n) is 8.20. The molecule has 2 aromatic carbocycles. The molecule has 0 saturated carbocycles. The summed E-state index contributed by atoms with van der Waals surface area (Å²) >= 11 is 0. The van der Waals surface area contributed by atoms with Crippen LogP contribution in [0.15, 0.2) is 78.2 Å². The van der Waals surface area contributed by atoms with E-state index in [1.807, 2.05) is 0 Å². The van der Waals surface area contributed by atoms with Crippen molar-refractivity contribution in [3.63, 3.8) is 0 Å². The number of esters is 1. The summed E-state index contributed by atoms with van der Waals surface area (Å²) in [6.07, 6.45) is -2.40. The van der Waals surface area contributed by atoms with Crippen molar-refractivity contribution in [1.82, 2.24) is 19.6 Å². The molecule has 1 aliphatic rings. The van der Waals surface area contributed by atoms with Gasteiger partial charge in [-0.15, -0.1) is 5.10 Å². The number of aromatic nitrogens is 3. The molecular weight excluding hydrogens is 520 g/mol. The van der Waals surface area contributed by atoms with Crippen molar-refractivity contribution in [1.29, 1.82) is 0 Å². The van der Waals surface area contributed by atoms with Crippen molar-refractivity contribution in [2.45, 2.75) is 18.6 Å². The summed E-state index contributed by atoms with van der Waals surface area (Å²) in [6, 6.07) is 13.3. The first kappa shape index (κ1) is 25.4. The van der Waals surface area contributed by atoms with Crippen molar-refractivity contribution < 1.29 is 31.9 Å². The van der Waals surface area contributed by atoms with E-state index in [0.717, 1.165) is 17.1 Å². The van der Waals surface area contributed by atoms with Gasteiger partial charge in [0.05, 0.1) is 18.7 Å². The van der Waals surface area contributed by atoms with Crippen LogP contribution in [0.2, 0.25) is 0 Å². The highest BCUT2D eigenvalue weighted by atomic mass is 19.4. The molecule has 0 radical (unpaired) electrons. The molecule has 39 heavy (non-hydrogen) atoms. The summed E-state index contributed by atoms with van der Waals surface area (Å²) in [4.78, 5) is 28.6. The van der Waals surface area contributed by atoms with Crippen molar-refractivity contribution in [2.24, 2.45) is 5.10 Å². The predicted molar refractivity (Wildman–Crippen MR) is 130 cm³/mol. The standard InChI is InChI=1S/C26H16F4N6O3/c27-18-9-7-17(8-10-18)21-14-23(39-24(37)26(28,29)30)34-36(21)25(38)33-19-4-1-3-16(13-19)6-11-20-15-31-22-5-2-12-32-35(20)22/h1-5,7-10,12-13,15,21H,14H2,(H,33,38)/t21-/m0/s1. The highest BCUT2D eigenvalue weighted by Gasteiger charge is 2.44. The number of rotatable bonds is 2. The summed E-state index contributed by atoms with van der Waals surface area (Å²) in [5.41, 5.74) is 2.41. The van der Waals surface area contributed by atoms with Gasteiger partial charge in [0.2, 0.25) is 5.90 Å². The molecule has 0 fully saturated rings. The van der Waals surface area contributed by atoms with Crippen molar-refractivity contribution >= 4 is 29.2 Å².